The molecule has 1 aliphatic heterocycles. The van der Waals surface area contributed by atoms with Gasteiger partial charge in [-0.25, -0.2) is 4.98 Å². The summed E-state index contributed by atoms with van der Waals surface area (Å²) in [5.74, 6) is 1.78. The summed E-state index contributed by atoms with van der Waals surface area (Å²) in [6.07, 6.45) is 1.88. The van der Waals surface area contributed by atoms with Gasteiger partial charge in [-0.2, -0.15) is 12.1 Å². The van der Waals surface area contributed by atoms with Gasteiger partial charge in [-0.05, 0) is 69.0 Å². The summed E-state index contributed by atoms with van der Waals surface area (Å²) in [7, 11) is 0. The molecule has 3 heterocycles. The zero-order chi connectivity index (χ0) is 49.3. The third kappa shape index (κ3) is 8.02. The number of hydrogen-bond donors (Lipinski definition) is 0. The Morgan fingerprint density at radius 3 is 2.03 bits per heavy atom. The molecule has 0 unspecified atom stereocenters. The first kappa shape index (κ1) is 38.0. The van der Waals surface area contributed by atoms with Gasteiger partial charge in [-0.15, -0.1) is 48.1 Å². The number of rotatable bonds is 9. The second kappa shape index (κ2) is 17.5. The van der Waals surface area contributed by atoms with E-state index in [-0.39, 0.29) is 49.5 Å². The Labute approximate surface area is 415 Å². The van der Waals surface area contributed by atoms with Gasteiger partial charge in [-0.1, -0.05) is 173 Å². The van der Waals surface area contributed by atoms with E-state index >= 15 is 0 Å². The minimum absolute atomic E-state index is 0. The van der Waals surface area contributed by atoms with Crippen LogP contribution >= 0.6 is 0 Å². The van der Waals surface area contributed by atoms with Crippen molar-refractivity contribution in [2.24, 2.45) is 0 Å². The third-order valence-corrected chi connectivity index (χ3v) is 12.7. The second-order valence-corrected chi connectivity index (χ2v) is 18.2. The summed E-state index contributed by atoms with van der Waals surface area (Å²) >= 11 is 0. The Kier molecular flexibility index (Phi) is 9.94. The zero-order valence-electron chi connectivity index (χ0n) is 42.8. The van der Waals surface area contributed by atoms with Gasteiger partial charge in [0.1, 0.15) is 5.82 Å². The quantitative estimate of drug-likeness (QED) is 0.135. The molecule has 0 atom stereocenters. The van der Waals surface area contributed by atoms with Crippen molar-refractivity contribution in [2.45, 2.75) is 45.4 Å². The number of pyridine rings is 1. The van der Waals surface area contributed by atoms with Crippen molar-refractivity contribution in [1.82, 2.24) is 9.55 Å². The topological polar surface area (TPSA) is 33.5 Å². The molecular weight excluding hydrogens is 1000 g/mol. The SMILES string of the molecule is [2H]c1c([2H])c([2H])c(-c2cccc(-c3cccc(C(C)(C)C)c3)c2N2[CH-]N(c3[c-]c(Oc4[c-]c5c(cc4)c4ccccc4n5-c4cc(C(C)(C)c5ccccc5)ccn4)ccc3)c3ccccc32)c([2H])c1[2H].[Pt]. The van der Waals surface area contributed by atoms with Gasteiger partial charge in [-0.3, -0.25) is 0 Å². The molecule has 10 aromatic rings. The number of ether oxygens (including phenoxy) is 1. The number of para-hydroxylation sites is 4. The van der Waals surface area contributed by atoms with Crippen molar-refractivity contribution in [3.63, 3.8) is 0 Å². The maximum absolute atomic E-state index is 9.12. The molecule has 8 aromatic carbocycles. The van der Waals surface area contributed by atoms with Gasteiger partial charge in [0, 0.05) is 77.9 Å². The van der Waals surface area contributed by atoms with Crippen LogP contribution in [0.4, 0.5) is 22.7 Å². The van der Waals surface area contributed by atoms with Crippen LogP contribution in [0.2, 0.25) is 0 Å². The fraction of sp³-hybridized carbons (Fsp3) is 0.115. The van der Waals surface area contributed by atoms with Crippen LogP contribution in [0.5, 0.6) is 11.5 Å². The van der Waals surface area contributed by atoms with Crippen LogP contribution in [0.15, 0.2) is 200 Å². The summed E-state index contributed by atoms with van der Waals surface area (Å²) in [5, 5.41) is 2.11. The van der Waals surface area contributed by atoms with E-state index in [9.17, 15) is 0 Å². The van der Waals surface area contributed by atoms with Crippen molar-refractivity contribution in [3.8, 4) is 39.6 Å². The summed E-state index contributed by atoms with van der Waals surface area (Å²) in [5.41, 5.74) is 10.4. The molecule has 67 heavy (non-hydrogen) atoms. The maximum atomic E-state index is 9.12. The molecule has 0 saturated carbocycles. The van der Waals surface area contributed by atoms with Crippen LogP contribution in [0, 0.1) is 18.8 Å². The summed E-state index contributed by atoms with van der Waals surface area (Å²) < 4.78 is 52.8. The van der Waals surface area contributed by atoms with E-state index in [1.165, 1.54) is 5.56 Å². The average molecular weight is 1050 g/mol. The molecule has 6 heteroatoms. The van der Waals surface area contributed by atoms with Crippen LogP contribution in [0.25, 0.3) is 49.9 Å². The molecule has 1 aliphatic rings. The molecule has 0 amide bonds. The molecular formula is C61H49N4OPt-3. The molecule has 0 radical (unpaired) electrons. The van der Waals surface area contributed by atoms with E-state index in [0.29, 0.717) is 28.4 Å². The van der Waals surface area contributed by atoms with Gasteiger partial charge in [0.15, 0.2) is 0 Å². The molecule has 11 rings (SSSR count). The molecule has 0 saturated heterocycles. The van der Waals surface area contributed by atoms with Crippen molar-refractivity contribution in [1.29, 1.82) is 0 Å². The number of aromatic nitrogens is 2. The van der Waals surface area contributed by atoms with Crippen LogP contribution in [-0.4, -0.2) is 9.55 Å². The smallest absolute Gasteiger partial charge is 0.135 e. The fourth-order valence-corrected chi connectivity index (χ4v) is 9.13. The van der Waals surface area contributed by atoms with E-state index in [1.807, 2.05) is 109 Å². The van der Waals surface area contributed by atoms with Crippen LogP contribution in [0.1, 0.15) is 58.2 Å². The van der Waals surface area contributed by atoms with Crippen molar-refractivity contribution in [3.05, 3.63) is 236 Å². The summed E-state index contributed by atoms with van der Waals surface area (Å²) in [6.45, 7) is 13.0. The first-order chi connectivity index (χ1) is 34.2. The van der Waals surface area contributed by atoms with Crippen LogP contribution in [-0.2, 0) is 31.9 Å². The second-order valence-electron chi connectivity index (χ2n) is 18.2. The first-order valence-corrected chi connectivity index (χ1v) is 22.2. The fourth-order valence-electron chi connectivity index (χ4n) is 9.13. The van der Waals surface area contributed by atoms with Gasteiger partial charge in [0.05, 0.1) is 6.85 Å². The van der Waals surface area contributed by atoms with E-state index in [4.69, 9.17) is 16.6 Å². The molecule has 0 spiro atoms. The Morgan fingerprint density at radius 1 is 0.567 bits per heavy atom. The van der Waals surface area contributed by atoms with E-state index in [2.05, 4.69) is 129 Å². The van der Waals surface area contributed by atoms with Crippen LogP contribution < -0.4 is 14.5 Å². The van der Waals surface area contributed by atoms with E-state index < -0.39 is 18.1 Å². The molecule has 5 nitrogen and oxygen atoms in total. The maximum Gasteiger partial charge on any atom is 0.135 e. The average Bonchev–Trinajstić information content (AvgIpc) is 3.93. The molecule has 0 fully saturated rings. The van der Waals surface area contributed by atoms with Gasteiger partial charge >= 0.3 is 0 Å². The molecule has 0 aliphatic carbocycles. The van der Waals surface area contributed by atoms with Gasteiger partial charge in [0.25, 0.3) is 0 Å². The molecule has 332 valence electrons. The molecule has 2 aromatic heterocycles. The van der Waals surface area contributed by atoms with Crippen molar-refractivity contribution in [2.75, 3.05) is 9.80 Å². The van der Waals surface area contributed by atoms with Crippen molar-refractivity contribution >= 4 is 44.6 Å². The minimum Gasteiger partial charge on any atom is -0.509 e. The Hall–Kier alpha value is -7.20. The standard InChI is InChI=1S/C61H49N4O.Pt/c1-60(2,3)45-24-16-21-43(37-45)51-29-18-28-50(42-19-8-6-9-20-42)59(51)64-41-63(55-31-14-15-32-56(55)64)47-25-17-26-48(39-47)66-49-33-34-53-52-27-12-13-30-54(52)65(57(53)40-49)58-38-46(35-36-62-58)61(4,5)44-22-10-7-11-23-44;/h6-38,41H,1-5H3;/q-3;/i6D,8D,9D,19D,20D;. The zero-order valence-corrected chi connectivity index (χ0v) is 40.0. The largest absolute Gasteiger partial charge is 0.509 e. The Balaban J connectivity index is 0.00000596. The predicted octanol–water partition coefficient (Wildman–Crippen LogP) is 15.9. The number of nitrogens with zero attached hydrogens (tertiary/aromatic N) is 4. The summed E-state index contributed by atoms with van der Waals surface area (Å²) in [4.78, 5) is 9.01. The first-order valence-electron chi connectivity index (χ1n) is 24.7. The molecule has 0 bridgehead atoms. The summed E-state index contributed by atoms with van der Waals surface area (Å²) in [6, 6.07) is 60.5. The van der Waals surface area contributed by atoms with Gasteiger partial charge in [0.2, 0.25) is 0 Å². The normalized spacial score (nSPS) is 13.7. The van der Waals surface area contributed by atoms with E-state index in [1.54, 1.807) is 0 Å². The minimum atomic E-state index is -0.438. The predicted molar refractivity (Wildman–Crippen MR) is 272 cm³/mol. The number of hydrogen-bond acceptors (Lipinski definition) is 4. The van der Waals surface area contributed by atoms with Crippen LogP contribution in [0.3, 0.4) is 0 Å². The number of benzene rings is 8. The van der Waals surface area contributed by atoms with Gasteiger partial charge < -0.3 is 19.1 Å². The Morgan fingerprint density at radius 2 is 1.24 bits per heavy atom. The number of fused-ring (bicyclic) bond motifs is 4. The molecule has 0 N–H and O–H groups in total. The Bertz CT molecular complexity index is 3690. The van der Waals surface area contributed by atoms with E-state index in [0.717, 1.165) is 61.3 Å². The number of anilines is 4. The third-order valence-electron chi connectivity index (χ3n) is 12.7. The van der Waals surface area contributed by atoms with Crippen molar-refractivity contribution < 1.29 is 32.7 Å². The monoisotopic (exact) mass is 1050 g/mol.